The van der Waals surface area contributed by atoms with Gasteiger partial charge in [0.1, 0.15) is 0 Å². The van der Waals surface area contributed by atoms with Crippen molar-refractivity contribution in [3.63, 3.8) is 0 Å². The van der Waals surface area contributed by atoms with E-state index in [0.717, 1.165) is 18.9 Å². The zero-order chi connectivity index (χ0) is 7.94. The molecule has 1 heteroatoms. The maximum absolute atomic E-state index is 5.01. The average molecular weight is 153 g/mol. The van der Waals surface area contributed by atoms with E-state index in [2.05, 4.69) is 12.2 Å². The molecule has 0 amide bonds. The van der Waals surface area contributed by atoms with Gasteiger partial charge in [0, 0.05) is 13.7 Å². The summed E-state index contributed by atoms with van der Waals surface area (Å²) in [5.41, 5.74) is 0. The normalized spacial score (nSPS) is 23.9. The molecular formula is C10H17O. The van der Waals surface area contributed by atoms with Gasteiger partial charge in [0.15, 0.2) is 0 Å². The Morgan fingerprint density at radius 1 is 1.64 bits per heavy atom. The van der Waals surface area contributed by atoms with Gasteiger partial charge in [-0.15, -0.1) is 0 Å². The van der Waals surface area contributed by atoms with E-state index >= 15 is 0 Å². The van der Waals surface area contributed by atoms with Crippen LogP contribution in [0.25, 0.3) is 0 Å². The van der Waals surface area contributed by atoms with Gasteiger partial charge in [-0.3, -0.25) is 0 Å². The molecule has 1 unspecified atom stereocenters. The van der Waals surface area contributed by atoms with Gasteiger partial charge >= 0.3 is 0 Å². The van der Waals surface area contributed by atoms with Crippen LogP contribution in [0.3, 0.4) is 0 Å². The maximum Gasteiger partial charge on any atom is 0.0462 e. The molecule has 63 valence electrons. The van der Waals surface area contributed by atoms with Crippen molar-refractivity contribution in [1.29, 1.82) is 0 Å². The molecule has 0 N–H and O–H groups in total. The monoisotopic (exact) mass is 153 g/mol. The summed E-state index contributed by atoms with van der Waals surface area (Å²) < 4.78 is 5.01. The van der Waals surface area contributed by atoms with Crippen molar-refractivity contribution in [1.82, 2.24) is 0 Å². The number of hydrogen-bond acceptors (Lipinski definition) is 1. The second kappa shape index (κ2) is 5.36. The Balaban J connectivity index is 2.02. The van der Waals surface area contributed by atoms with Crippen molar-refractivity contribution in [3.05, 3.63) is 12.2 Å². The molecule has 0 heterocycles. The maximum atomic E-state index is 5.01. The second-order valence-corrected chi connectivity index (χ2v) is 3.18. The smallest absolute Gasteiger partial charge is 0.0462 e. The van der Waals surface area contributed by atoms with Gasteiger partial charge in [-0.05, 0) is 44.1 Å². The fraction of sp³-hybridized carbons (Fsp3) is 0.800. The second-order valence-electron chi connectivity index (χ2n) is 3.18. The van der Waals surface area contributed by atoms with Gasteiger partial charge in [-0.25, -0.2) is 0 Å². The summed E-state index contributed by atoms with van der Waals surface area (Å²) in [4.78, 5) is 0. The Morgan fingerprint density at radius 3 is 3.18 bits per heavy atom. The topological polar surface area (TPSA) is 9.23 Å². The number of allylic oxidation sites excluding steroid dienone is 2. The number of hydrogen-bond donors (Lipinski definition) is 0. The third kappa shape index (κ3) is 3.57. The van der Waals surface area contributed by atoms with Gasteiger partial charge in [0.05, 0.1) is 0 Å². The Labute approximate surface area is 69.4 Å². The zero-order valence-corrected chi connectivity index (χ0v) is 7.31. The molecule has 0 aromatic rings. The molecule has 1 rings (SSSR count). The van der Waals surface area contributed by atoms with Crippen LogP contribution < -0.4 is 0 Å². The van der Waals surface area contributed by atoms with Crippen molar-refractivity contribution < 1.29 is 4.74 Å². The molecule has 1 aliphatic rings. The highest BCUT2D eigenvalue weighted by molar-refractivity contribution is 4.83. The quantitative estimate of drug-likeness (QED) is 0.564. The minimum atomic E-state index is 0.909. The summed E-state index contributed by atoms with van der Waals surface area (Å²) in [6, 6.07) is 0. The first kappa shape index (κ1) is 8.79. The summed E-state index contributed by atoms with van der Waals surface area (Å²) in [5, 5.41) is 0. The van der Waals surface area contributed by atoms with E-state index in [1.54, 1.807) is 7.11 Å². The Hall–Kier alpha value is -0.300. The molecule has 1 nitrogen and oxygen atoms in total. The number of rotatable bonds is 4. The van der Waals surface area contributed by atoms with Crippen LogP contribution in [0.1, 0.15) is 32.1 Å². The minimum Gasteiger partial charge on any atom is -0.385 e. The van der Waals surface area contributed by atoms with E-state index in [-0.39, 0.29) is 0 Å². The summed E-state index contributed by atoms with van der Waals surface area (Å²) in [6.07, 6.45) is 11.7. The molecule has 0 aliphatic heterocycles. The van der Waals surface area contributed by atoms with Crippen LogP contribution in [0.4, 0.5) is 0 Å². The van der Waals surface area contributed by atoms with Crippen molar-refractivity contribution in [2.45, 2.75) is 32.1 Å². The van der Waals surface area contributed by atoms with E-state index in [1.165, 1.54) is 25.7 Å². The minimum absolute atomic E-state index is 0.909. The van der Waals surface area contributed by atoms with Crippen LogP contribution in [-0.4, -0.2) is 13.7 Å². The molecule has 11 heavy (non-hydrogen) atoms. The predicted octanol–water partition coefficient (Wildman–Crippen LogP) is 2.57. The Morgan fingerprint density at radius 2 is 2.55 bits per heavy atom. The van der Waals surface area contributed by atoms with Crippen LogP contribution >= 0.6 is 0 Å². The van der Waals surface area contributed by atoms with Crippen molar-refractivity contribution >= 4 is 0 Å². The lowest BCUT2D eigenvalue weighted by Gasteiger charge is -2.16. The molecule has 1 atom stereocenters. The van der Waals surface area contributed by atoms with Crippen LogP contribution in [0.2, 0.25) is 0 Å². The number of methoxy groups -OCH3 is 1. The first-order valence-electron chi connectivity index (χ1n) is 4.47. The Bertz CT molecular complexity index is 118. The highest BCUT2D eigenvalue weighted by Gasteiger charge is 2.08. The van der Waals surface area contributed by atoms with E-state index < -0.39 is 0 Å². The van der Waals surface area contributed by atoms with Crippen LogP contribution in [0.15, 0.2) is 6.08 Å². The molecule has 0 aromatic heterocycles. The molecule has 1 aliphatic carbocycles. The third-order valence-corrected chi connectivity index (χ3v) is 2.25. The van der Waals surface area contributed by atoms with E-state index in [1.807, 2.05) is 0 Å². The molecule has 0 aromatic carbocycles. The van der Waals surface area contributed by atoms with E-state index in [9.17, 15) is 0 Å². The van der Waals surface area contributed by atoms with Gasteiger partial charge in [0.2, 0.25) is 0 Å². The highest BCUT2D eigenvalue weighted by Crippen LogP contribution is 2.21. The lowest BCUT2D eigenvalue weighted by Crippen LogP contribution is -2.03. The van der Waals surface area contributed by atoms with E-state index in [4.69, 9.17) is 4.74 Å². The van der Waals surface area contributed by atoms with Gasteiger partial charge in [-0.2, -0.15) is 0 Å². The van der Waals surface area contributed by atoms with Crippen LogP contribution in [-0.2, 0) is 4.74 Å². The van der Waals surface area contributed by atoms with E-state index in [0.29, 0.717) is 0 Å². The third-order valence-electron chi connectivity index (χ3n) is 2.25. The van der Waals surface area contributed by atoms with Gasteiger partial charge in [0.25, 0.3) is 0 Å². The predicted molar refractivity (Wildman–Crippen MR) is 46.3 cm³/mol. The summed E-state index contributed by atoms with van der Waals surface area (Å²) >= 11 is 0. The summed E-state index contributed by atoms with van der Waals surface area (Å²) in [5.74, 6) is 0.909. The SMILES string of the molecule is COCCCC1CC=[C]CC1. The molecule has 0 saturated heterocycles. The molecular weight excluding hydrogens is 136 g/mol. The van der Waals surface area contributed by atoms with Crippen LogP contribution in [0, 0.1) is 12.0 Å². The largest absolute Gasteiger partial charge is 0.385 e. The molecule has 0 fully saturated rings. The van der Waals surface area contributed by atoms with Gasteiger partial charge in [-0.1, -0.05) is 6.08 Å². The summed E-state index contributed by atoms with van der Waals surface area (Å²) in [6.45, 7) is 0.921. The van der Waals surface area contributed by atoms with Crippen molar-refractivity contribution in [3.8, 4) is 0 Å². The molecule has 0 saturated carbocycles. The molecule has 0 spiro atoms. The first-order valence-corrected chi connectivity index (χ1v) is 4.47. The number of ether oxygens (including phenoxy) is 1. The zero-order valence-electron chi connectivity index (χ0n) is 7.31. The van der Waals surface area contributed by atoms with Gasteiger partial charge < -0.3 is 4.74 Å². The lowest BCUT2D eigenvalue weighted by molar-refractivity contribution is 0.185. The lowest BCUT2D eigenvalue weighted by atomic mass is 9.90. The van der Waals surface area contributed by atoms with Crippen LogP contribution in [0.5, 0.6) is 0 Å². The van der Waals surface area contributed by atoms with Crippen molar-refractivity contribution in [2.75, 3.05) is 13.7 Å². The fourth-order valence-electron chi connectivity index (χ4n) is 1.54. The highest BCUT2D eigenvalue weighted by atomic mass is 16.5. The molecule has 1 radical (unpaired) electrons. The molecule has 0 bridgehead atoms. The summed E-state index contributed by atoms with van der Waals surface area (Å²) in [7, 11) is 1.77. The standard InChI is InChI=1S/C10H17O/c1-11-9-5-8-10-6-3-2-4-7-10/h3,10H,4-9H2,1H3. The average Bonchev–Trinajstić information content (AvgIpc) is 2.07. The first-order chi connectivity index (χ1) is 5.43. The van der Waals surface area contributed by atoms with Crippen molar-refractivity contribution in [2.24, 2.45) is 5.92 Å². The Kier molecular flexibility index (Phi) is 4.29. The fourth-order valence-corrected chi connectivity index (χ4v) is 1.54.